The minimum Gasteiger partial charge on any atom is -0.463 e. The lowest BCUT2D eigenvalue weighted by Gasteiger charge is -2.19. The van der Waals surface area contributed by atoms with Crippen molar-refractivity contribution in [2.75, 3.05) is 7.11 Å². The monoisotopic (exact) mass is 266 g/mol. The molecule has 2 atom stereocenters. The smallest absolute Gasteiger partial charge is 0.377 e. The van der Waals surface area contributed by atoms with Crippen LogP contribution in [0.4, 0.5) is 0 Å². The van der Waals surface area contributed by atoms with Gasteiger partial charge >= 0.3 is 5.97 Å². The fraction of sp³-hybridized carbons (Fsp3) is 0.364. The van der Waals surface area contributed by atoms with E-state index in [1.165, 1.54) is 13.4 Å². The number of aromatic nitrogens is 3. The summed E-state index contributed by atoms with van der Waals surface area (Å²) >= 11 is 1.59. The molecule has 7 heteroatoms. The third-order valence-electron chi connectivity index (χ3n) is 2.54. The summed E-state index contributed by atoms with van der Waals surface area (Å²) in [4.78, 5) is 15.2. The van der Waals surface area contributed by atoms with Crippen molar-refractivity contribution in [3.05, 3.63) is 34.5 Å². The summed E-state index contributed by atoms with van der Waals surface area (Å²) in [6.45, 7) is 1.89. The first-order chi connectivity index (χ1) is 8.63. The van der Waals surface area contributed by atoms with Crippen molar-refractivity contribution in [2.45, 2.75) is 19.0 Å². The molecule has 0 saturated heterocycles. The molecule has 6 nitrogen and oxygen atoms in total. The quantitative estimate of drug-likeness (QED) is 0.837. The Hall–Kier alpha value is -1.73. The van der Waals surface area contributed by atoms with Gasteiger partial charge < -0.3 is 10.5 Å². The summed E-state index contributed by atoms with van der Waals surface area (Å²) in [6.07, 6.45) is 1.50. The van der Waals surface area contributed by atoms with Crippen molar-refractivity contribution in [2.24, 2.45) is 5.73 Å². The van der Waals surface area contributed by atoms with Crippen LogP contribution >= 0.6 is 11.3 Å². The molecule has 2 aromatic rings. The summed E-state index contributed by atoms with van der Waals surface area (Å²) in [6, 6.07) is 1.70. The van der Waals surface area contributed by atoms with Gasteiger partial charge in [0.15, 0.2) is 0 Å². The van der Waals surface area contributed by atoms with Gasteiger partial charge in [-0.05, 0) is 29.3 Å². The molecule has 18 heavy (non-hydrogen) atoms. The molecule has 2 rings (SSSR count). The van der Waals surface area contributed by atoms with Crippen LogP contribution in [0.2, 0.25) is 0 Å². The third-order valence-corrected chi connectivity index (χ3v) is 3.25. The van der Waals surface area contributed by atoms with Crippen LogP contribution in [0, 0.1) is 0 Å². The van der Waals surface area contributed by atoms with E-state index < -0.39 is 5.97 Å². The van der Waals surface area contributed by atoms with Gasteiger partial charge in [-0.25, -0.2) is 14.5 Å². The second-order valence-electron chi connectivity index (χ2n) is 3.90. The molecule has 0 aliphatic rings. The van der Waals surface area contributed by atoms with E-state index in [4.69, 9.17) is 5.73 Å². The summed E-state index contributed by atoms with van der Waals surface area (Å²) in [5, 5.41) is 8.10. The van der Waals surface area contributed by atoms with Crippen molar-refractivity contribution < 1.29 is 9.53 Å². The fourth-order valence-electron chi connectivity index (χ4n) is 1.73. The molecule has 0 radical (unpaired) electrons. The van der Waals surface area contributed by atoms with Crippen molar-refractivity contribution in [1.29, 1.82) is 0 Å². The van der Waals surface area contributed by atoms with E-state index in [9.17, 15) is 4.79 Å². The van der Waals surface area contributed by atoms with Crippen LogP contribution in [0.3, 0.4) is 0 Å². The molecular formula is C11H14N4O2S. The number of nitrogens with two attached hydrogens (primary N) is 1. The molecular weight excluding hydrogens is 252 g/mol. The van der Waals surface area contributed by atoms with Gasteiger partial charge in [-0.15, -0.1) is 5.10 Å². The normalized spacial score (nSPS) is 14.2. The van der Waals surface area contributed by atoms with Crippen LogP contribution in [-0.2, 0) is 4.74 Å². The lowest BCUT2D eigenvalue weighted by Crippen LogP contribution is -2.30. The van der Waals surface area contributed by atoms with Gasteiger partial charge in [0, 0.05) is 6.04 Å². The van der Waals surface area contributed by atoms with Crippen molar-refractivity contribution in [3.63, 3.8) is 0 Å². The van der Waals surface area contributed by atoms with E-state index in [0.717, 1.165) is 5.56 Å². The maximum Gasteiger partial charge on any atom is 0.377 e. The Morgan fingerprint density at radius 2 is 2.39 bits per heavy atom. The summed E-state index contributed by atoms with van der Waals surface area (Å²) in [5.74, 6) is -0.513. The lowest BCUT2D eigenvalue weighted by atomic mass is 10.1. The van der Waals surface area contributed by atoms with Crippen LogP contribution in [-0.4, -0.2) is 33.9 Å². The largest absolute Gasteiger partial charge is 0.463 e. The molecule has 0 aliphatic carbocycles. The maximum absolute atomic E-state index is 11.3. The van der Waals surface area contributed by atoms with Crippen LogP contribution in [0.15, 0.2) is 23.2 Å². The third kappa shape index (κ3) is 2.41. The lowest BCUT2D eigenvalue weighted by molar-refractivity contribution is 0.0586. The van der Waals surface area contributed by atoms with E-state index in [2.05, 4.69) is 14.8 Å². The number of hydrogen-bond donors (Lipinski definition) is 1. The number of nitrogens with zero attached hydrogens (tertiary/aromatic N) is 3. The van der Waals surface area contributed by atoms with Crippen LogP contribution < -0.4 is 5.73 Å². The number of ether oxygens (including phenoxy) is 1. The molecule has 96 valence electrons. The SMILES string of the molecule is COC(=O)c1ncn(C(c2ccsc2)C(C)N)n1. The summed E-state index contributed by atoms with van der Waals surface area (Å²) in [7, 11) is 1.30. The van der Waals surface area contributed by atoms with Gasteiger partial charge in [0.25, 0.3) is 5.82 Å². The molecule has 2 N–H and O–H groups in total. The van der Waals surface area contributed by atoms with Gasteiger partial charge in [0.2, 0.25) is 0 Å². The van der Waals surface area contributed by atoms with E-state index in [1.54, 1.807) is 16.0 Å². The number of carbonyl (C=O) groups excluding carboxylic acids is 1. The molecule has 0 saturated carbocycles. The highest BCUT2D eigenvalue weighted by Gasteiger charge is 2.22. The molecule has 0 spiro atoms. The molecule has 0 fully saturated rings. The molecule has 0 aliphatic heterocycles. The number of hydrogen-bond acceptors (Lipinski definition) is 6. The Morgan fingerprint density at radius 1 is 1.61 bits per heavy atom. The van der Waals surface area contributed by atoms with Gasteiger partial charge in [-0.3, -0.25) is 0 Å². The molecule has 0 aromatic carbocycles. The first kappa shape index (κ1) is 12.7. The zero-order valence-electron chi connectivity index (χ0n) is 10.1. The van der Waals surface area contributed by atoms with E-state index >= 15 is 0 Å². The number of rotatable bonds is 4. The fourth-order valence-corrected chi connectivity index (χ4v) is 2.42. The maximum atomic E-state index is 11.3. The minimum absolute atomic E-state index is 0.0402. The highest BCUT2D eigenvalue weighted by atomic mass is 32.1. The first-order valence-electron chi connectivity index (χ1n) is 5.40. The first-order valence-corrected chi connectivity index (χ1v) is 6.35. The van der Waals surface area contributed by atoms with Crippen LogP contribution in [0.25, 0.3) is 0 Å². The zero-order valence-corrected chi connectivity index (χ0v) is 10.9. The Morgan fingerprint density at radius 3 is 2.94 bits per heavy atom. The number of carbonyl (C=O) groups is 1. The van der Waals surface area contributed by atoms with Crippen molar-refractivity contribution in [3.8, 4) is 0 Å². The predicted molar refractivity (Wildman–Crippen MR) is 67.5 cm³/mol. The average Bonchev–Trinajstić information content (AvgIpc) is 2.99. The van der Waals surface area contributed by atoms with E-state index in [0.29, 0.717) is 0 Å². The number of thiophene rings is 1. The van der Waals surface area contributed by atoms with Gasteiger partial charge in [-0.1, -0.05) is 0 Å². The summed E-state index contributed by atoms with van der Waals surface area (Å²) < 4.78 is 6.17. The Labute approximate surface area is 108 Å². The van der Waals surface area contributed by atoms with Gasteiger partial charge in [0.05, 0.1) is 13.2 Å². The van der Waals surface area contributed by atoms with Crippen molar-refractivity contribution >= 4 is 17.3 Å². The predicted octanol–water partition coefficient (Wildman–Crippen LogP) is 1.06. The highest BCUT2D eigenvalue weighted by molar-refractivity contribution is 7.07. The second-order valence-corrected chi connectivity index (χ2v) is 4.68. The van der Waals surface area contributed by atoms with Crippen molar-refractivity contribution in [1.82, 2.24) is 14.8 Å². The molecule has 0 bridgehead atoms. The molecule has 2 aromatic heterocycles. The van der Waals surface area contributed by atoms with Crippen LogP contribution in [0.1, 0.15) is 29.1 Å². The van der Waals surface area contributed by atoms with Gasteiger partial charge in [0.1, 0.15) is 6.33 Å². The highest BCUT2D eigenvalue weighted by Crippen LogP contribution is 2.22. The topological polar surface area (TPSA) is 83.0 Å². The second kappa shape index (κ2) is 5.28. The van der Waals surface area contributed by atoms with E-state index in [-0.39, 0.29) is 17.9 Å². The number of methoxy groups -OCH3 is 1. The minimum atomic E-state index is -0.553. The molecule has 2 unspecified atom stereocenters. The standard InChI is InChI=1S/C11H14N4O2S/c1-7(12)9(8-3-4-18-5-8)15-6-13-10(14-15)11(16)17-2/h3-7,9H,12H2,1-2H3. The number of esters is 1. The average molecular weight is 266 g/mol. The van der Waals surface area contributed by atoms with Gasteiger partial charge in [-0.2, -0.15) is 11.3 Å². The molecule has 2 heterocycles. The van der Waals surface area contributed by atoms with Crippen LogP contribution in [0.5, 0.6) is 0 Å². The van der Waals surface area contributed by atoms with E-state index in [1.807, 2.05) is 23.8 Å². The Kier molecular flexibility index (Phi) is 3.73. The summed E-state index contributed by atoms with van der Waals surface area (Å²) in [5.41, 5.74) is 7.03. The Bertz CT molecular complexity index is 521. The Balaban J connectivity index is 2.32. The zero-order chi connectivity index (χ0) is 13.1. The molecule has 0 amide bonds.